The molecule has 122 valence electrons. The number of hydrogen-bond acceptors (Lipinski definition) is 4. The Bertz CT molecular complexity index is 664. The van der Waals surface area contributed by atoms with E-state index >= 15 is 0 Å². The van der Waals surface area contributed by atoms with E-state index in [-0.39, 0.29) is 0 Å². The lowest BCUT2D eigenvalue weighted by Crippen LogP contribution is -2.47. The van der Waals surface area contributed by atoms with Gasteiger partial charge in [0.2, 0.25) is 5.95 Å². The van der Waals surface area contributed by atoms with Crippen molar-refractivity contribution in [1.29, 1.82) is 0 Å². The van der Waals surface area contributed by atoms with E-state index in [1.807, 2.05) is 9.80 Å². The second-order valence-corrected chi connectivity index (χ2v) is 5.22. The molecule has 1 aliphatic rings. The maximum absolute atomic E-state index is 12.8. The van der Waals surface area contributed by atoms with Crippen LogP contribution in [-0.2, 0) is 6.18 Å². The van der Waals surface area contributed by atoms with Gasteiger partial charge in [-0.15, -0.1) is 0 Å². The zero-order chi connectivity index (χ0) is 16.4. The van der Waals surface area contributed by atoms with E-state index in [0.717, 1.165) is 24.5 Å². The average molecular weight is 326 g/mol. The van der Waals surface area contributed by atoms with Gasteiger partial charge in [-0.2, -0.15) is 13.2 Å². The molecule has 8 heteroatoms. The molecule has 0 unspecified atom stereocenters. The molecule has 1 aliphatic heterocycles. The Labute approximate surface area is 130 Å². The Hall–Kier alpha value is -2.38. The van der Waals surface area contributed by atoms with Crippen LogP contribution in [0.2, 0.25) is 0 Å². The summed E-state index contributed by atoms with van der Waals surface area (Å²) in [7, 11) is 0. The van der Waals surface area contributed by atoms with Crippen molar-refractivity contribution in [3.8, 4) is 0 Å². The fourth-order valence-corrected chi connectivity index (χ4v) is 2.51. The molecule has 1 saturated heterocycles. The highest BCUT2D eigenvalue weighted by Crippen LogP contribution is 2.31. The normalized spacial score (nSPS) is 15.8. The lowest BCUT2D eigenvalue weighted by atomic mass is 10.1. The van der Waals surface area contributed by atoms with Crippen molar-refractivity contribution in [3.05, 3.63) is 48.0 Å². The van der Waals surface area contributed by atoms with E-state index in [1.165, 1.54) is 6.07 Å². The fourth-order valence-electron chi connectivity index (χ4n) is 2.51. The van der Waals surface area contributed by atoms with Crippen LogP contribution in [-0.4, -0.2) is 36.1 Å². The molecule has 1 fully saturated rings. The van der Waals surface area contributed by atoms with E-state index in [4.69, 9.17) is 0 Å². The fraction of sp³-hybridized carbons (Fsp3) is 0.333. The first kappa shape index (κ1) is 15.5. The number of rotatable bonds is 2. The summed E-state index contributed by atoms with van der Waals surface area (Å²) in [6, 6.07) is 5.29. The minimum atomic E-state index is -4.35. The van der Waals surface area contributed by atoms with Crippen molar-refractivity contribution in [1.82, 2.24) is 9.97 Å². The zero-order valence-electron chi connectivity index (χ0n) is 12.1. The van der Waals surface area contributed by atoms with E-state index in [2.05, 4.69) is 9.97 Å². The van der Waals surface area contributed by atoms with Crippen LogP contribution in [0.4, 0.5) is 29.2 Å². The van der Waals surface area contributed by atoms with Crippen LogP contribution in [0.3, 0.4) is 0 Å². The first-order valence-corrected chi connectivity index (χ1v) is 7.08. The molecule has 1 aromatic carbocycles. The average Bonchev–Trinajstić information content (AvgIpc) is 2.55. The molecule has 0 N–H and O–H groups in total. The van der Waals surface area contributed by atoms with Crippen LogP contribution >= 0.6 is 0 Å². The molecule has 4 nitrogen and oxygen atoms in total. The molecule has 23 heavy (non-hydrogen) atoms. The van der Waals surface area contributed by atoms with Gasteiger partial charge < -0.3 is 9.80 Å². The minimum absolute atomic E-state index is 0.426. The summed E-state index contributed by atoms with van der Waals surface area (Å²) < 4.78 is 51.2. The lowest BCUT2D eigenvalue weighted by molar-refractivity contribution is -0.137. The van der Waals surface area contributed by atoms with Crippen LogP contribution < -0.4 is 9.80 Å². The summed E-state index contributed by atoms with van der Waals surface area (Å²) in [5.41, 5.74) is -0.112. The van der Waals surface area contributed by atoms with Gasteiger partial charge in [0.15, 0.2) is 5.82 Å². The highest BCUT2D eigenvalue weighted by molar-refractivity contribution is 5.51. The van der Waals surface area contributed by atoms with Crippen molar-refractivity contribution in [3.63, 3.8) is 0 Å². The summed E-state index contributed by atoms with van der Waals surface area (Å²) in [4.78, 5) is 11.6. The highest BCUT2D eigenvalue weighted by Gasteiger charge is 2.31. The Balaban J connectivity index is 1.68. The van der Waals surface area contributed by atoms with E-state index in [0.29, 0.717) is 37.8 Å². The quantitative estimate of drug-likeness (QED) is 0.794. The molecule has 0 bridgehead atoms. The smallest absolute Gasteiger partial charge is 0.368 e. The van der Waals surface area contributed by atoms with Gasteiger partial charge in [0.05, 0.1) is 18.0 Å². The lowest BCUT2D eigenvalue weighted by Gasteiger charge is -2.36. The summed E-state index contributed by atoms with van der Waals surface area (Å²) >= 11 is 0. The van der Waals surface area contributed by atoms with Gasteiger partial charge in [0, 0.05) is 31.9 Å². The Morgan fingerprint density at radius 1 is 0.913 bits per heavy atom. The number of nitrogens with zero attached hydrogens (tertiary/aromatic N) is 4. The third-order valence-electron chi connectivity index (χ3n) is 3.71. The molecule has 0 aliphatic carbocycles. The first-order valence-electron chi connectivity index (χ1n) is 7.08. The second-order valence-electron chi connectivity index (χ2n) is 5.22. The summed E-state index contributed by atoms with van der Waals surface area (Å²) in [5, 5.41) is 0. The number of anilines is 2. The van der Waals surface area contributed by atoms with Gasteiger partial charge in [-0.25, -0.2) is 14.4 Å². The molecule has 0 saturated carbocycles. The van der Waals surface area contributed by atoms with Crippen molar-refractivity contribution in [2.75, 3.05) is 36.0 Å². The number of benzene rings is 1. The summed E-state index contributed by atoms with van der Waals surface area (Å²) in [5.74, 6) is -0.0774. The Morgan fingerprint density at radius 3 is 2.13 bits per heavy atom. The molecular formula is C15H14F4N4. The van der Waals surface area contributed by atoms with Crippen molar-refractivity contribution in [2.45, 2.75) is 6.18 Å². The van der Waals surface area contributed by atoms with Crippen molar-refractivity contribution < 1.29 is 17.6 Å². The molecule has 0 amide bonds. The van der Waals surface area contributed by atoms with Crippen LogP contribution in [0.25, 0.3) is 0 Å². The van der Waals surface area contributed by atoms with E-state index in [1.54, 1.807) is 6.07 Å². The number of alkyl halides is 3. The number of halogens is 4. The van der Waals surface area contributed by atoms with Gasteiger partial charge in [0.1, 0.15) is 0 Å². The first-order chi connectivity index (χ1) is 10.9. The number of piperazine rings is 1. The molecule has 2 aromatic rings. The summed E-state index contributed by atoms with van der Waals surface area (Å²) in [6.45, 7) is 2.20. The minimum Gasteiger partial charge on any atom is -0.368 e. The maximum Gasteiger partial charge on any atom is 0.416 e. The molecule has 0 spiro atoms. The highest BCUT2D eigenvalue weighted by atomic mass is 19.4. The Kier molecular flexibility index (Phi) is 4.06. The van der Waals surface area contributed by atoms with E-state index < -0.39 is 17.6 Å². The largest absolute Gasteiger partial charge is 0.416 e. The SMILES string of the molecule is Fc1cnc(N2CCN(c3cccc(C(F)(F)F)c3)CC2)nc1. The van der Waals surface area contributed by atoms with Gasteiger partial charge in [-0.05, 0) is 18.2 Å². The van der Waals surface area contributed by atoms with Gasteiger partial charge in [-0.1, -0.05) is 6.07 Å². The van der Waals surface area contributed by atoms with Gasteiger partial charge >= 0.3 is 6.18 Å². The monoisotopic (exact) mass is 326 g/mol. The summed E-state index contributed by atoms with van der Waals surface area (Å²) in [6.07, 6.45) is -2.15. The van der Waals surface area contributed by atoms with Crippen LogP contribution in [0, 0.1) is 5.82 Å². The topological polar surface area (TPSA) is 32.3 Å². The van der Waals surface area contributed by atoms with Crippen LogP contribution in [0.1, 0.15) is 5.56 Å². The molecular weight excluding hydrogens is 312 g/mol. The van der Waals surface area contributed by atoms with Gasteiger partial charge in [0.25, 0.3) is 0 Å². The van der Waals surface area contributed by atoms with Crippen molar-refractivity contribution in [2.24, 2.45) is 0 Å². The standard InChI is InChI=1S/C15H14F4N4/c16-12-9-20-14(21-10-12)23-6-4-22(5-7-23)13-3-1-2-11(8-13)15(17,18)19/h1-3,8-10H,4-7H2. The predicted octanol–water partition coefficient (Wildman–Crippen LogP) is 2.96. The molecule has 2 heterocycles. The Morgan fingerprint density at radius 2 is 1.52 bits per heavy atom. The van der Waals surface area contributed by atoms with Crippen LogP contribution in [0.5, 0.6) is 0 Å². The predicted molar refractivity (Wildman–Crippen MR) is 77.9 cm³/mol. The number of hydrogen-bond donors (Lipinski definition) is 0. The zero-order valence-corrected chi connectivity index (χ0v) is 12.1. The van der Waals surface area contributed by atoms with E-state index in [9.17, 15) is 17.6 Å². The molecule has 0 atom stereocenters. The molecule has 1 aromatic heterocycles. The maximum atomic E-state index is 12.8. The van der Waals surface area contributed by atoms with Crippen molar-refractivity contribution >= 4 is 11.6 Å². The number of aromatic nitrogens is 2. The molecule has 3 rings (SSSR count). The third kappa shape index (κ3) is 3.52. The van der Waals surface area contributed by atoms with Crippen LogP contribution in [0.15, 0.2) is 36.7 Å². The third-order valence-corrected chi connectivity index (χ3v) is 3.71. The second kappa shape index (κ2) is 6.02. The molecule has 0 radical (unpaired) electrons. The van der Waals surface area contributed by atoms with Gasteiger partial charge in [-0.3, -0.25) is 0 Å².